The molecule has 0 bridgehead atoms. The Kier molecular flexibility index (Phi) is 3.20. The zero-order chi connectivity index (χ0) is 14.1. The molecule has 0 aliphatic heterocycles. The van der Waals surface area contributed by atoms with Crippen LogP contribution in [-0.4, -0.2) is 20.0 Å². The fraction of sp³-hybridized carbons (Fsp3) is 0.267. The molecule has 0 unspecified atom stereocenters. The maximum absolute atomic E-state index is 5.78. The molecule has 0 spiro atoms. The zero-order valence-corrected chi connectivity index (χ0v) is 11.6. The minimum atomic E-state index is 0.343. The molecule has 3 rings (SSSR count). The van der Waals surface area contributed by atoms with Crippen molar-refractivity contribution in [2.24, 2.45) is 5.73 Å². The van der Waals surface area contributed by atoms with Crippen LogP contribution in [0.15, 0.2) is 36.4 Å². The Balaban J connectivity index is 2.20. The first-order valence-corrected chi connectivity index (χ1v) is 6.71. The molecular formula is C15H17N5. The van der Waals surface area contributed by atoms with E-state index in [1.807, 2.05) is 36.4 Å². The van der Waals surface area contributed by atoms with E-state index in [9.17, 15) is 0 Å². The van der Waals surface area contributed by atoms with Gasteiger partial charge in [0.2, 0.25) is 0 Å². The summed E-state index contributed by atoms with van der Waals surface area (Å²) in [6.07, 6.45) is 0. The average Bonchev–Trinajstić information content (AvgIpc) is 2.90. The Morgan fingerprint density at radius 1 is 1.20 bits per heavy atom. The summed E-state index contributed by atoms with van der Waals surface area (Å²) in [5, 5.41) is 8.37. The van der Waals surface area contributed by atoms with Crippen LogP contribution in [0.25, 0.3) is 16.9 Å². The molecule has 1 aromatic carbocycles. The molecule has 0 atom stereocenters. The Morgan fingerprint density at radius 3 is 2.75 bits per heavy atom. The monoisotopic (exact) mass is 267 g/mol. The average molecular weight is 267 g/mol. The van der Waals surface area contributed by atoms with Gasteiger partial charge in [-0.1, -0.05) is 31.2 Å². The lowest BCUT2D eigenvalue weighted by molar-refractivity contribution is 0.762. The Morgan fingerprint density at radius 2 is 2.00 bits per heavy atom. The highest BCUT2D eigenvalue weighted by Gasteiger charge is 2.11. The standard InChI is InChI=1S/C15H17N5/c1-10(2)13-7-11(9-16)8-15(17-13)20-14-6-4-3-5-12(14)18-19-20/h3-8,10H,9,16H2,1-2H3. The Bertz CT molecular complexity index is 745. The van der Waals surface area contributed by atoms with Crippen LogP contribution in [0.5, 0.6) is 0 Å². The summed E-state index contributed by atoms with van der Waals surface area (Å²) in [6.45, 7) is 4.72. The number of pyridine rings is 1. The Hall–Kier alpha value is -2.27. The van der Waals surface area contributed by atoms with Gasteiger partial charge in [-0.3, -0.25) is 0 Å². The van der Waals surface area contributed by atoms with Crippen molar-refractivity contribution < 1.29 is 0 Å². The Labute approximate surface area is 117 Å². The maximum Gasteiger partial charge on any atom is 0.156 e. The first-order valence-electron chi connectivity index (χ1n) is 6.71. The van der Waals surface area contributed by atoms with Crippen molar-refractivity contribution in [3.05, 3.63) is 47.7 Å². The third-order valence-electron chi connectivity index (χ3n) is 3.29. The molecule has 2 aromatic heterocycles. The van der Waals surface area contributed by atoms with Gasteiger partial charge in [-0.25, -0.2) is 4.98 Å². The molecule has 0 saturated carbocycles. The van der Waals surface area contributed by atoms with Gasteiger partial charge in [0.05, 0.1) is 5.52 Å². The molecule has 5 nitrogen and oxygen atoms in total. The minimum absolute atomic E-state index is 0.343. The second-order valence-electron chi connectivity index (χ2n) is 5.11. The molecule has 0 amide bonds. The van der Waals surface area contributed by atoms with E-state index >= 15 is 0 Å². The number of fused-ring (bicyclic) bond motifs is 1. The second-order valence-corrected chi connectivity index (χ2v) is 5.11. The summed E-state index contributed by atoms with van der Waals surface area (Å²) < 4.78 is 1.76. The molecule has 0 radical (unpaired) electrons. The minimum Gasteiger partial charge on any atom is -0.326 e. The van der Waals surface area contributed by atoms with Crippen LogP contribution < -0.4 is 5.73 Å². The zero-order valence-electron chi connectivity index (χ0n) is 11.6. The highest BCUT2D eigenvalue weighted by atomic mass is 15.4. The number of hydrogen-bond acceptors (Lipinski definition) is 4. The number of aromatic nitrogens is 4. The van der Waals surface area contributed by atoms with Crippen molar-refractivity contribution in [2.75, 3.05) is 0 Å². The van der Waals surface area contributed by atoms with Gasteiger partial charge in [-0.05, 0) is 35.7 Å². The van der Waals surface area contributed by atoms with Crippen molar-refractivity contribution in [1.29, 1.82) is 0 Å². The van der Waals surface area contributed by atoms with E-state index < -0.39 is 0 Å². The lowest BCUT2D eigenvalue weighted by Gasteiger charge is -2.10. The molecule has 0 fully saturated rings. The van der Waals surface area contributed by atoms with E-state index in [2.05, 4.69) is 29.1 Å². The van der Waals surface area contributed by atoms with Crippen molar-refractivity contribution >= 4 is 11.0 Å². The maximum atomic E-state index is 5.78. The predicted molar refractivity (Wildman–Crippen MR) is 78.6 cm³/mol. The van der Waals surface area contributed by atoms with E-state index in [4.69, 9.17) is 5.73 Å². The van der Waals surface area contributed by atoms with E-state index in [-0.39, 0.29) is 0 Å². The molecule has 5 heteroatoms. The van der Waals surface area contributed by atoms with Crippen LogP contribution in [0.3, 0.4) is 0 Å². The first-order chi connectivity index (χ1) is 9.69. The lowest BCUT2D eigenvalue weighted by Crippen LogP contribution is -2.07. The van der Waals surface area contributed by atoms with E-state index in [0.717, 1.165) is 28.1 Å². The van der Waals surface area contributed by atoms with E-state index in [1.165, 1.54) is 0 Å². The smallest absolute Gasteiger partial charge is 0.156 e. The van der Waals surface area contributed by atoms with Crippen molar-refractivity contribution in [2.45, 2.75) is 26.3 Å². The summed E-state index contributed by atoms with van der Waals surface area (Å²) in [7, 11) is 0. The molecule has 0 saturated heterocycles. The summed E-state index contributed by atoms with van der Waals surface area (Å²) in [5.74, 6) is 1.11. The number of hydrogen-bond donors (Lipinski definition) is 1. The summed E-state index contributed by atoms with van der Waals surface area (Å²) in [5.41, 5.74) is 9.66. The number of nitrogens with two attached hydrogens (primary N) is 1. The predicted octanol–water partition coefficient (Wildman–Crippen LogP) is 2.40. The third kappa shape index (κ3) is 2.16. The van der Waals surface area contributed by atoms with Gasteiger partial charge < -0.3 is 5.73 Å². The van der Waals surface area contributed by atoms with Crippen LogP contribution in [0, 0.1) is 0 Å². The molecule has 2 N–H and O–H groups in total. The topological polar surface area (TPSA) is 69.6 Å². The largest absolute Gasteiger partial charge is 0.326 e. The SMILES string of the molecule is CC(C)c1cc(CN)cc(-n2nnc3ccccc32)n1. The summed E-state index contributed by atoms with van der Waals surface area (Å²) in [6, 6.07) is 11.9. The molecule has 0 aliphatic carbocycles. The van der Waals surface area contributed by atoms with Crippen LogP contribution in [0.1, 0.15) is 31.0 Å². The molecule has 20 heavy (non-hydrogen) atoms. The van der Waals surface area contributed by atoms with Crippen LogP contribution in [0.4, 0.5) is 0 Å². The molecule has 3 aromatic rings. The van der Waals surface area contributed by atoms with Gasteiger partial charge in [-0.15, -0.1) is 5.10 Å². The van der Waals surface area contributed by atoms with Crippen LogP contribution >= 0.6 is 0 Å². The number of nitrogens with zero attached hydrogens (tertiary/aromatic N) is 4. The number of benzene rings is 1. The van der Waals surface area contributed by atoms with Gasteiger partial charge in [0, 0.05) is 12.2 Å². The number of rotatable bonds is 3. The summed E-state index contributed by atoms with van der Waals surface area (Å²) >= 11 is 0. The normalized spacial score (nSPS) is 11.4. The lowest BCUT2D eigenvalue weighted by atomic mass is 10.1. The van der Waals surface area contributed by atoms with Gasteiger partial charge in [0.25, 0.3) is 0 Å². The molecule has 2 heterocycles. The fourth-order valence-corrected chi connectivity index (χ4v) is 2.15. The van der Waals surface area contributed by atoms with Gasteiger partial charge in [0.1, 0.15) is 5.52 Å². The quantitative estimate of drug-likeness (QED) is 0.791. The van der Waals surface area contributed by atoms with Gasteiger partial charge in [-0.2, -0.15) is 4.68 Å². The molecule has 0 aliphatic rings. The first kappa shape index (κ1) is 12.7. The summed E-state index contributed by atoms with van der Waals surface area (Å²) in [4.78, 5) is 4.68. The molecular weight excluding hydrogens is 250 g/mol. The van der Waals surface area contributed by atoms with E-state index in [0.29, 0.717) is 12.5 Å². The second kappa shape index (κ2) is 5.02. The highest BCUT2D eigenvalue weighted by molar-refractivity contribution is 5.75. The highest BCUT2D eigenvalue weighted by Crippen LogP contribution is 2.19. The van der Waals surface area contributed by atoms with Crippen LogP contribution in [-0.2, 0) is 6.54 Å². The van der Waals surface area contributed by atoms with Crippen LogP contribution in [0.2, 0.25) is 0 Å². The fourth-order valence-electron chi connectivity index (χ4n) is 2.15. The van der Waals surface area contributed by atoms with Gasteiger partial charge >= 0.3 is 0 Å². The molecule has 102 valence electrons. The van der Waals surface area contributed by atoms with Gasteiger partial charge in [0.15, 0.2) is 5.82 Å². The van der Waals surface area contributed by atoms with Crippen molar-refractivity contribution in [3.8, 4) is 5.82 Å². The third-order valence-corrected chi connectivity index (χ3v) is 3.29. The van der Waals surface area contributed by atoms with E-state index in [1.54, 1.807) is 4.68 Å². The van der Waals surface area contributed by atoms with Crippen molar-refractivity contribution in [1.82, 2.24) is 20.0 Å². The number of para-hydroxylation sites is 1. The van der Waals surface area contributed by atoms with Crippen molar-refractivity contribution in [3.63, 3.8) is 0 Å².